The molecule has 18 heavy (non-hydrogen) atoms. The molecule has 1 heterocycles. The van der Waals surface area contributed by atoms with Crippen LogP contribution in [-0.2, 0) is 6.54 Å². The first-order chi connectivity index (χ1) is 8.81. The number of piperidine rings is 1. The normalized spacial score (nSPS) is 20.6. The number of nitrogens with two attached hydrogens (primary N) is 1. The van der Waals surface area contributed by atoms with Crippen LogP contribution in [-0.4, -0.2) is 24.5 Å². The molecule has 2 N–H and O–H groups in total. The van der Waals surface area contributed by atoms with Gasteiger partial charge in [-0.05, 0) is 56.0 Å². The number of hydrogen-bond acceptors (Lipinski definition) is 3. The van der Waals surface area contributed by atoms with E-state index in [0.717, 1.165) is 44.1 Å². The van der Waals surface area contributed by atoms with Crippen molar-refractivity contribution in [3.05, 3.63) is 35.4 Å². The zero-order chi connectivity index (χ0) is 12.8. The molecule has 0 spiro atoms. The number of hydrogen-bond donors (Lipinski definition) is 1. The summed E-state index contributed by atoms with van der Waals surface area (Å²) >= 11 is 0. The fourth-order valence-electron chi connectivity index (χ4n) is 2.76. The van der Waals surface area contributed by atoms with Gasteiger partial charge in [-0.2, -0.15) is 5.26 Å². The molecule has 3 nitrogen and oxygen atoms in total. The highest BCUT2D eigenvalue weighted by molar-refractivity contribution is 5.32. The molecule has 0 amide bonds. The molecule has 1 aliphatic rings. The standard InChI is InChI=1S/C15H21N3/c16-7-6-13-5-2-8-18(11-13)12-15-4-1-3-14(9-15)10-17/h1,3-4,9,13H,2,5-8,11-12,16H2. The third-order valence-corrected chi connectivity index (χ3v) is 3.64. The van der Waals surface area contributed by atoms with Crippen molar-refractivity contribution in [1.29, 1.82) is 5.26 Å². The van der Waals surface area contributed by atoms with Gasteiger partial charge in [-0.25, -0.2) is 0 Å². The van der Waals surface area contributed by atoms with E-state index in [0.29, 0.717) is 0 Å². The van der Waals surface area contributed by atoms with Crippen LogP contribution in [0.25, 0.3) is 0 Å². The van der Waals surface area contributed by atoms with E-state index in [1.54, 1.807) is 0 Å². The molecule has 1 aromatic rings. The predicted molar refractivity (Wildman–Crippen MR) is 72.8 cm³/mol. The second kappa shape index (κ2) is 6.53. The fraction of sp³-hybridized carbons (Fsp3) is 0.533. The van der Waals surface area contributed by atoms with Gasteiger partial charge < -0.3 is 5.73 Å². The minimum atomic E-state index is 0.753. The van der Waals surface area contributed by atoms with E-state index in [1.165, 1.54) is 18.4 Å². The first-order valence-electron chi connectivity index (χ1n) is 6.73. The lowest BCUT2D eigenvalue weighted by Gasteiger charge is -2.32. The Morgan fingerprint density at radius 2 is 2.33 bits per heavy atom. The van der Waals surface area contributed by atoms with Gasteiger partial charge in [0, 0.05) is 13.1 Å². The van der Waals surface area contributed by atoms with Gasteiger partial charge in [-0.3, -0.25) is 4.90 Å². The monoisotopic (exact) mass is 243 g/mol. The van der Waals surface area contributed by atoms with Crippen LogP contribution in [0.1, 0.15) is 30.4 Å². The van der Waals surface area contributed by atoms with Gasteiger partial charge in [-0.15, -0.1) is 0 Å². The van der Waals surface area contributed by atoms with E-state index in [4.69, 9.17) is 11.0 Å². The fourth-order valence-corrected chi connectivity index (χ4v) is 2.76. The second-order valence-electron chi connectivity index (χ2n) is 5.13. The van der Waals surface area contributed by atoms with Crippen LogP contribution in [0, 0.1) is 17.2 Å². The van der Waals surface area contributed by atoms with Crippen molar-refractivity contribution in [3.63, 3.8) is 0 Å². The number of likely N-dealkylation sites (tertiary alicyclic amines) is 1. The predicted octanol–water partition coefficient (Wildman–Crippen LogP) is 2.12. The summed E-state index contributed by atoms with van der Waals surface area (Å²) in [6, 6.07) is 10.1. The van der Waals surface area contributed by atoms with Crippen LogP contribution >= 0.6 is 0 Å². The molecule has 1 fully saturated rings. The Kier molecular flexibility index (Phi) is 4.74. The molecule has 1 atom stereocenters. The Bertz CT molecular complexity index is 420. The molecule has 1 saturated heterocycles. The summed E-state index contributed by atoms with van der Waals surface area (Å²) in [7, 11) is 0. The highest BCUT2D eigenvalue weighted by atomic mass is 15.1. The number of nitriles is 1. The van der Waals surface area contributed by atoms with Crippen LogP contribution in [0.4, 0.5) is 0 Å². The lowest BCUT2D eigenvalue weighted by Crippen LogP contribution is -2.35. The molecule has 0 bridgehead atoms. The molecule has 2 rings (SSSR count). The maximum absolute atomic E-state index is 8.90. The molecule has 0 saturated carbocycles. The Hall–Kier alpha value is -1.37. The molecule has 1 aliphatic heterocycles. The minimum Gasteiger partial charge on any atom is -0.330 e. The SMILES string of the molecule is N#Cc1cccc(CN2CCCC(CCN)C2)c1. The van der Waals surface area contributed by atoms with Crippen LogP contribution in [0.5, 0.6) is 0 Å². The molecule has 1 unspecified atom stereocenters. The zero-order valence-electron chi connectivity index (χ0n) is 10.8. The molecule has 96 valence electrons. The van der Waals surface area contributed by atoms with E-state index in [1.807, 2.05) is 18.2 Å². The van der Waals surface area contributed by atoms with Crippen molar-refractivity contribution in [3.8, 4) is 6.07 Å². The summed E-state index contributed by atoms with van der Waals surface area (Å²) in [5.41, 5.74) is 7.63. The lowest BCUT2D eigenvalue weighted by atomic mass is 9.94. The van der Waals surface area contributed by atoms with E-state index in [9.17, 15) is 0 Å². The van der Waals surface area contributed by atoms with Gasteiger partial charge in [0.05, 0.1) is 11.6 Å². The van der Waals surface area contributed by atoms with E-state index >= 15 is 0 Å². The Labute approximate surface area is 109 Å². The summed E-state index contributed by atoms with van der Waals surface area (Å²) in [5, 5.41) is 8.90. The van der Waals surface area contributed by atoms with Crippen molar-refractivity contribution in [2.75, 3.05) is 19.6 Å². The van der Waals surface area contributed by atoms with Gasteiger partial charge in [0.2, 0.25) is 0 Å². The molecular weight excluding hydrogens is 222 g/mol. The average molecular weight is 243 g/mol. The van der Waals surface area contributed by atoms with E-state index in [2.05, 4.69) is 17.0 Å². The number of nitrogens with zero attached hydrogens (tertiary/aromatic N) is 2. The molecule has 0 radical (unpaired) electrons. The third kappa shape index (κ3) is 3.56. The molecule has 3 heteroatoms. The quantitative estimate of drug-likeness (QED) is 0.881. The molecular formula is C15H21N3. The van der Waals surface area contributed by atoms with Gasteiger partial charge in [0.25, 0.3) is 0 Å². The summed E-state index contributed by atoms with van der Waals surface area (Å²) < 4.78 is 0. The topological polar surface area (TPSA) is 53.0 Å². The van der Waals surface area contributed by atoms with Crippen LogP contribution in [0.15, 0.2) is 24.3 Å². The van der Waals surface area contributed by atoms with Crippen LogP contribution < -0.4 is 5.73 Å². The summed E-state index contributed by atoms with van der Waals surface area (Å²) in [5.74, 6) is 0.753. The van der Waals surface area contributed by atoms with Gasteiger partial charge >= 0.3 is 0 Å². The van der Waals surface area contributed by atoms with E-state index in [-0.39, 0.29) is 0 Å². The van der Waals surface area contributed by atoms with Crippen molar-refractivity contribution >= 4 is 0 Å². The van der Waals surface area contributed by atoms with Crippen molar-refractivity contribution in [2.45, 2.75) is 25.8 Å². The average Bonchev–Trinajstić information content (AvgIpc) is 2.40. The maximum Gasteiger partial charge on any atom is 0.0991 e. The summed E-state index contributed by atoms with van der Waals surface area (Å²) in [6.07, 6.45) is 3.71. The van der Waals surface area contributed by atoms with Crippen LogP contribution in [0.3, 0.4) is 0 Å². The van der Waals surface area contributed by atoms with Gasteiger partial charge in [0.15, 0.2) is 0 Å². The highest BCUT2D eigenvalue weighted by Gasteiger charge is 2.19. The first-order valence-corrected chi connectivity index (χ1v) is 6.73. The third-order valence-electron chi connectivity index (χ3n) is 3.64. The second-order valence-corrected chi connectivity index (χ2v) is 5.13. The van der Waals surface area contributed by atoms with Crippen molar-refractivity contribution < 1.29 is 0 Å². The summed E-state index contributed by atoms with van der Waals surface area (Å²) in [4.78, 5) is 2.49. The van der Waals surface area contributed by atoms with Crippen molar-refractivity contribution in [2.24, 2.45) is 11.7 Å². The Morgan fingerprint density at radius 3 is 3.11 bits per heavy atom. The number of rotatable bonds is 4. The summed E-state index contributed by atoms with van der Waals surface area (Å²) in [6.45, 7) is 4.06. The Balaban J connectivity index is 1.94. The Morgan fingerprint density at radius 1 is 1.44 bits per heavy atom. The molecule has 0 aliphatic carbocycles. The molecule has 0 aromatic heterocycles. The number of benzene rings is 1. The minimum absolute atomic E-state index is 0.753. The van der Waals surface area contributed by atoms with Crippen molar-refractivity contribution in [1.82, 2.24) is 4.90 Å². The van der Waals surface area contributed by atoms with Gasteiger partial charge in [-0.1, -0.05) is 12.1 Å². The zero-order valence-corrected chi connectivity index (χ0v) is 10.8. The lowest BCUT2D eigenvalue weighted by molar-refractivity contribution is 0.163. The smallest absolute Gasteiger partial charge is 0.0991 e. The van der Waals surface area contributed by atoms with Crippen LogP contribution in [0.2, 0.25) is 0 Å². The first kappa shape index (κ1) is 13.1. The molecule has 1 aromatic carbocycles. The maximum atomic E-state index is 8.90. The van der Waals surface area contributed by atoms with Gasteiger partial charge in [0.1, 0.15) is 0 Å². The van der Waals surface area contributed by atoms with E-state index < -0.39 is 0 Å². The largest absolute Gasteiger partial charge is 0.330 e. The highest BCUT2D eigenvalue weighted by Crippen LogP contribution is 2.20.